The van der Waals surface area contributed by atoms with Gasteiger partial charge >= 0.3 is 0 Å². The normalized spacial score (nSPS) is 18.8. The highest BCUT2D eigenvalue weighted by Gasteiger charge is 2.46. The van der Waals surface area contributed by atoms with Crippen molar-refractivity contribution in [2.24, 2.45) is 0 Å². The molecule has 3 aromatic heterocycles. The van der Waals surface area contributed by atoms with E-state index in [0.717, 1.165) is 10.4 Å². The lowest BCUT2D eigenvalue weighted by atomic mass is 10.0. The maximum atomic E-state index is 13.1. The van der Waals surface area contributed by atoms with Gasteiger partial charge in [-0.05, 0) is 51.0 Å². The molecule has 0 bridgehead atoms. The Morgan fingerprint density at radius 1 is 1.23 bits per heavy atom. The van der Waals surface area contributed by atoms with Gasteiger partial charge in [-0.1, -0.05) is 12.1 Å². The number of aryl methyl sites for hydroxylation is 2. The first-order chi connectivity index (χ1) is 14.3. The molecule has 1 aliphatic rings. The molecule has 0 radical (unpaired) electrons. The molecule has 1 amide bonds. The number of imidazole rings is 1. The summed E-state index contributed by atoms with van der Waals surface area (Å²) in [5.41, 5.74) is 2.84. The number of hydrogen-bond donors (Lipinski definition) is 1. The van der Waals surface area contributed by atoms with E-state index in [-0.39, 0.29) is 11.3 Å². The molecule has 1 N–H and O–H groups in total. The molecule has 1 fully saturated rings. The monoisotopic (exact) mass is 424 g/mol. The van der Waals surface area contributed by atoms with Crippen LogP contribution in [0.15, 0.2) is 41.4 Å². The minimum atomic E-state index is -0.661. The van der Waals surface area contributed by atoms with Crippen LogP contribution in [-0.2, 0) is 9.59 Å². The first kappa shape index (κ1) is 20.3. The highest BCUT2D eigenvalue weighted by atomic mass is 32.1. The van der Waals surface area contributed by atoms with Crippen molar-refractivity contribution >= 4 is 34.4 Å². The van der Waals surface area contributed by atoms with Crippen molar-refractivity contribution in [3.05, 3.63) is 63.2 Å². The number of aromatic nitrogens is 2. The number of hydrogen-bond acceptors (Lipinski definition) is 6. The molecule has 0 saturated carbocycles. The van der Waals surface area contributed by atoms with Gasteiger partial charge in [0, 0.05) is 24.2 Å². The van der Waals surface area contributed by atoms with Gasteiger partial charge in [0.25, 0.3) is 11.7 Å². The number of aliphatic hydroxyl groups is 1. The molecule has 1 atom stereocenters. The molecule has 0 aliphatic carbocycles. The van der Waals surface area contributed by atoms with Crippen molar-refractivity contribution in [2.75, 3.05) is 27.2 Å². The van der Waals surface area contributed by atoms with Crippen LogP contribution in [0.5, 0.6) is 0 Å². The first-order valence-electron chi connectivity index (χ1n) is 9.72. The highest BCUT2D eigenvalue weighted by molar-refractivity contribution is 7.10. The van der Waals surface area contributed by atoms with E-state index in [1.807, 2.05) is 55.6 Å². The van der Waals surface area contributed by atoms with Gasteiger partial charge in [-0.2, -0.15) is 0 Å². The number of pyridine rings is 1. The Kier molecular flexibility index (Phi) is 5.21. The van der Waals surface area contributed by atoms with Gasteiger partial charge in [-0.3, -0.25) is 14.0 Å². The second-order valence-electron chi connectivity index (χ2n) is 7.74. The molecular formula is C22H24N4O3S. The third-order valence-corrected chi connectivity index (χ3v) is 6.31. The quantitative estimate of drug-likeness (QED) is 0.387. The molecule has 1 aliphatic heterocycles. The SMILES string of the molecule is Cc1nc2c(C)cccn2c1C(O)=C1C(=O)C(=O)N(CCN(C)C)[C@H]1c1cccs1. The van der Waals surface area contributed by atoms with Gasteiger partial charge in [0.2, 0.25) is 0 Å². The minimum Gasteiger partial charge on any atom is -0.505 e. The summed E-state index contributed by atoms with van der Waals surface area (Å²) < 4.78 is 1.78. The number of Topliss-reactive ketones (excluding diaryl/α,β-unsaturated/α-hetero) is 1. The molecule has 3 aromatic rings. The van der Waals surface area contributed by atoms with Gasteiger partial charge in [0.1, 0.15) is 11.3 Å². The first-order valence-corrected chi connectivity index (χ1v) is 10.6. The van der Waals surface area contributed by atoms with Crippen molar-refractivity contribution < 1.29 is 14.7 Å². The van der Waals surface area contributed by atoms with Crippen LogP contribution in [-0.4, -0.2) is 63.2 Å². The lowest BCUT2D eigenvalue weighted by Gasteiger charge is -2.25. The van der Waals surface area contributed by atoms with Crippen molar-refractivity contribution in [1.82, 2.24) is 19.2 Å². The molecular weight excluding hydrogens is 400 g/mol. The van der Waals surface area contributed by atoms with Crippen molar-refractivity contribution in [2.45, 2.75) is 19.9 Å². The largest absolute Gasteiger partial charge is 0.505 e. The highest BCUT2D eigenvalue weighted by Crippen LogP contribution is 2.41. The maximum absolute atomic E-state index is 13.1. The molecule has 30 heavy (non-hydrogen) atoms. The fourth-order valence-corrected chi connectivity index (χ4v) is 4.74. The Morgan fingerprint density at radius 3 is 2.67 bits per heavy atom. The smallest absolute Gasteiger partial charge is 0.295 e. The second-order valence-corrected chi connectivity index (χ2v) is 8.72. The minimum absolute atomic E-state index is 0.118. The van der Waals surface area contributed by atoms with E-state index in [1.54, 1.807) is 22.4 Å². The molecule has 156 valence electrons. The number of fused-ring (bicyclic) bond motifs is 1. The molecule has 4 rings (SSSR count). The number of likely N-dealkylation sites (tertiary alicyclic amines) is 1. The van der Waals surface area contributed by atoms with Crippen LogP contribution in [0.2, 0.25) is 0 Å². The van der Waals surface area contributed by atoms with E-state index >= 15 is 0 Å². The zero-order valence-corrected chi connectivity index (χ0v) is 18.2. The van der Waals surface area contributed by atoms with E-state index in [2.05, 4.69) is 4.98 Å². The predicted octanol–water partition coefficient (Wildman–Crippen LogP) is 3.00. The zero-order chi connectivity index (χ0) is 21.6. The number of rotatable bonds is 5. The van der Waals surface area contributed by atoms with Crippen LogP contribution in [0.1, 0.15) is 27.9 Å². The third-order valence-electron chi connectivity index (χ3n) is 5.38. The third kappa shape index (κ3) is 3.22. The number of likely N-dealkylation sites (N-methyl/N-ethyl adjacent to an activating group) is 1. The number of nitrogens with zero attached hydrogens (tertiary/aromatic N) is 4. The van der Waals surface area contributed by atoms with E-state index < -0.39 is 17.7 Å². The molecule has 0 spiro atoms. The van der Waals surface area contributed by atoms with E-state index in [1.165, 1.54) is 11.3 Å². The standard InChI is InChI=1S/C22H24N4O3S/c1-13-7-5-9-25-17(14(2)23-21(13)25)19(27)16-18(15-8-6-12-30-15)26(11-10-24(3)4)22(29)20(16)28/h5-9,12,18,27H,10-11H2,1-4H3/t18-/m0/s1. The summed E-state index contributed by atoms with van der Waals surface area (Å²) in [6.45, 7) is 4.74. The summed E-state index contributed by atoms with van der Waals surface area (Å²) in [6.07, 6.45) is 1.81. The fourth-order valence-electron chi connectivity index (χ4n) is 3.89. The van der Waals surface area contributed by atoms with E-state index in [9.17, 15) is 14.7 Å². The summed E-state index contributed by atoms with van der Waals surface area (Å²) in [6, 6.07) is 6.97. The Labute approximate surface area is 178 Å². The Balaban J connectivity index is 1.92. The summed E-state index contributed by atoms with van der Waals surface area (Å²) >= 11 is 1.46. The van der Waals surface area contributed by atoms with E-state index in [4.69, 9.17) is 0 Å². The summed E-state index contributed by atoms with van der Waals surface area (Å²) in [5, 5.41) is 13.3. The number of amides is 1. The molecule has 8 heteroatoms. The topological polar surface area (TPSA) is 78.1 Å². The van der Waals surface area contributed by atoms with Gasteiger partial charge in [0.15, 0.2) is 5.76 Å². The Bertz CT molecular complexity index is 1160. The van der Waals surface area contributed by atoms with Crippen LogP contribution in [0, 0.1) is 13.8 Å². The lowest BCUT2D eigenvalue weighted by molar-refractivity contribution is -0.140. The number of thiophene rings is 1. The van der Waals surface area contributed by atoms with Crippen LogP contribution in [0.4, 0.5) is 0 Å². The molecule has 0 unspecified atom stereocenters. The van der Waals surface area contributed by atoms with Crippen LogP contribution >= 0.6 is 11.3 Å². The van der Waals surface area contributed by atoms with Gasteiger partial charge < -0.3 is 14.9 Å². The Morgan fingerprint density at radius 2 is 2.00 bits per heavy atom. The van der Waals surface area contributed by atoms with Crippen molar-refractivity contribution in [3.63, 3.8) is 0 Å². The van der Waals surface area contributed by atoms with Gasteiger partial charge in [-0.15, -0.1) is 11.3 Å². The lowest BCUT2D eigenvalue weighted by Crippen LogP contribution is -2.35. The Hall–Kier alpha value is -2.97. The zero-order valence-electron chi connectivity index (χ0n) is 17.4. The van der Waals surface area contributed by atoms with Crippen molar-refractivity contribution in [3.8, 4) is 0 Å². The van der Waals surface area contributed by atoms with Crippen molar-refractivity contribution in [1.29, 1.82) is 0 Å². The molecule has 7 nitrogen and oxygen atoms in total. The average Bonchev–Trinajstić information content (AvgIpc) is 3.38. The van der Waals surface area contributed by atoms with Crippen LogP contribution in [0.3, 0.4) is 0 Å². The molecule has 0 aromatic carbocycles. The molecule has 1 saturated heterocycles. The van der Waals surface area contributed by atoms with Gasteiger partial charge in [-0.25, -0.2) is 4.98 Å². The number of ketones is 1. The maximum Gasteiger partial charge on any atom is 0.295 e. The number of carbonyl (C=O) groups is 2. The van der Waals surface area contributed by atoms with Crippen LogP contribution in [0.25, 0.3) is 11.4 Å². The summed E-state index contributed by atoms with van der Waals surface area (Å²) in [5.74, 6) is -1.43. The summed E-state index contributed by atoms with van der Waals surface area (Å²) in [7, 11) is 3.84. The summed E-state index contributed by atoms with van der Waals surface area (Å²) in [4.78, 5) is 34.9. The fraction of sp³-hybridized carbons (Fsp3) is 0.318. The predicted molar refractivity (Wildman–Crippen MR) is 117 cm³/mol. The number of carbonyl (C=O) groups excluding carboxylic acids is 2. The van der Waals surface area contributed by atoms with Crippen LogP contribution < -0.4 is 0 Å². The molecule has 4 heterocycles. The van der Waals surface area contributed by atoms with E-state index in [0.29, 0.717) is 30.1 Å². The second kappa shape index (κ2) is 7.70. The number of aliphatic hydroxyl groups excluding tert-OH is 1. The van der Waals surface area contributed by atoms with Gasteiger partial charge in [0.05, 0.1) is 17.3 Å². The average molecular weight is 425 g/mol.